The summed E-state index contributed by atoms with van der Waals surface area (Å²) in [5.74, 6) is 3.07. The molecular weight excluding hydrogens is 260 g/mol. The van der Waals surface area contributed by atoms with Gasteiger partial charge in [-0.1, -0.05) is 0 Å². The Balaban J connectivity index is 1.78. The van der Waals surface area contributed by atoms with Crippen molar-refractivity contribution in [1.82, 2.24) is 9.80 Å². The Bertz CT molecular complexity index is 294. The largest absolute Gasteiger partial charge is 0.383 e. The number of guanidine groups is 1. The van der Waals surface area contributed by atoms with Gasteiger partial charge in [0.05, 0.1) is 13.2 Å². The lowest BCUT2D eigenvalue weighted by atomic mass is 10.2. The van der Waals surface area contributed by atoms with Crippen LogP contribution in [-0.2, 0) is 4.74 Å². The molecule has 2 heterocycles. The van der Waals surface area contributed by atoms with Crippen LogP contribution in [0.25, 0.3) is 0 Å². The van der Waals surface area contributed by atoms with Crippen molar-refractivity contribution in [3.8, 4) is 0 Å². The second kappa shape index (κ2) is 7.97. The Labute approximate surface area is 120 Å². The quantitative estimate of drug-likeness (QED) is 0.588. The molecule has 0 unspecified atom stereocenters. The van der Waals surface area contributed by atoms with Crippen LogP contribution in [0.15, 0.2) is 4.99 Å². The minimum Gasteiger partial charge on any atom is -0.383 e. The van der Waals surface area contributed by atoms with Crippen molar-refractivity contribution in [3.63, 3.8) is 0 Å². The van der Waals surface area contributed by atoms with Crippen molar-refractivity contribution in [3.05, 3.63) is 0 Å². The van der Waals surface area contributed by atoms with Crippen molar-refractivity contribution in [2.75, 3.05) is 57.9 Å². The smallest absolute Gasteiger partial charge is 0.191 e. The topological polar surface area (TPSA) is 54.1 Å². The van der Waals surface area contributed by atoms with E-state index in [1.165, 1.54) is 30.9 Å². The number of likely N-dealkylation sites (tertiary alicyclic amines) is 1. The highest BCUT2D eigenvalue weighted by Crippen LogP contribution is 2.17. The highest BCUT2D eigenvalue weighted by Gasteiger charge is 2.24. The molecule has 0 aromatic heterocycles. The summed E-state index contributed by atoms with van der Waals surface area (Å²) >= 11 is 1.99. The zero-order chi connectivity index (χ0) is 13.5. The van der Waals surface area contributed by atoms with Crippen LogP contribution in [0.5, 0.6) is 0 Å². The van der Waals surface area contributed by atoms with E-state index >= 15 is 0 Å². The Morgan fingerprint density at radius 3 is 2.89 bits per heavy atom. The average Bonchev–Trinajstić information content (AvgIpc) is 2.91. The normalized spacial score (nSPS) is 26.1. The number of aliphatic imine (C=N–C) groups is 1. The van der Waals surface area contributed by atoms with Gasteiger partial charge in [-0.25, -0.2) is 0 Å². The predicted octanol–water partition coefficient (Wildman–Crippen LogP) is 0.461. The number of rotatable bonds is 5. The predicted molar refractivity (Wildman–Crippen MR) is 81.9 cm³/mol. The van der Waals surface area contributed by atoms with Gasteiger partial charge in [0.2, 0.25) is 0 Å². The second-order valence-electron chi connectivity index (χ2n) is 5.12. The Morgan fingerprint density at radius 2 is 2.16 bits per heavy atom. The molecule has 0 saturated carbocycles. The van der Waals surface area contributed by atoms with Crippen molar-refractivity contribution < 1.29 is 4.74 Å². The van der Waals surface area contributed by atoms with E-state index in [0.717, 1.165) is 38.7 Å². The molecule has 6 heteroatoms. The van der Waals surface area contributed by atoms with Crippen LogP contribution >= 0.6 is 11.8 Å². The lowest BCUT2D eigenvalue weighted by Gasteiger charge is -2.28. The van der Waals surface area contributed by atoms with Gasteiger partial charge in [-0.05, 0) is 19.4 Å². The van der Waals surface area contributed by atoms with Gasteiger partial charge in [0.1, 0.15) is 0 Å². The zero-order valence-electron chi connectivity index (χ0n) is 11.9. The number of hydrogen-bond donors (Lipinski definition) is 1. The second-order valence-corrected chi connectivity index (χ2v) is 6.35. The van der Waals surface area contributed by atoms with Crippen molar-refractivity contribution >= 4 is 17.7 Å². The van der Waals surface area contributed by atoms with E-state index in [1.54, 1.807) is 7.11 Å². The van der Waals surface area contributed by atoms with Gasteiger partial charge in [-0.15, -0.1) is 0 Å². The molecule has 2 aliphatic rings. The summed E-state index contributed by atoms with van der Waals surface area (Å²) in [6, 6.07) is 0.549. The van der Waals surface area contributed by atoms with E-state index in [0.29, 0.717) is 6.04 Å². The summed E-state index contributed by atoms with van der Waals surface area (Å²) in [5, 5.41) is 0. The molecule has 2 saturated heterocycles. The van der Waals surface area contributed by atoms with Gasteiger partial charge in [0.25, 0.3) is 0 Å². The van der Waals surface area contributed by atoms with Crippen LogP contribution in [0.3, 0.4) is 0 Å². The summed E-state index contributed by atoms with van der Waals surface area (Å²) in [4.78, 5) is 9.31. The summed E-state index contributed by atoms with van der Waals surface area (Å²) in [7, 11) is 1.76. The Kier molecular flexibility index (Phi) is 6.26. The standard InChI is InChI=1S/C13H26N4OS/c1-18-8-5-16-4-2-3-12(16)11-15-13(14)17-6-9-19-10-7-17/h12H,2-11H2,1H3,(H2,14,15)/t12-/m1/s1. The van der Waals surface area contributed by atoms with Gasteiger partial charge >= 0.3 is 0 Å². The van der Waals surface area contributed by atoms with Gasteiger partial charge in [0, 0.05) is 44.3 Å². The summed E-state index contributed by atoms with van der Waals surface area (Å²) < 4.78 is 5.16. The maximum Gasteiger partial charge on any atom is 0.191 e. The average molecular weight is 286 g/mol. The number of thioether (sulfide) groups is 1. The molecule has 0 bridgehead atoms. The first-order valence-corrected chi connectivity index (χ1v) is 8.32. The highest BCUT2D eigenvalue weighted by atomic mass is 32.2. The van der Waals surface area contributed by atoms with E-state index in [1.807, 2.05) is 11.8 Å². The fourth-order valence-corrected chi connectivity index (χ4v) is 3.60. The minimum atomic E-state index is 0.549. The van der Waals surface area contributed by atoms with E-state index in [4.69, 9.17) is 10.5 Å². The number of hydrogen-bond acceptors (Lipinski definition) is 4. The summed E-state index contributed by atoms with van der Waals surface area (Å²) in [6.45, 7) is 5.90. The molecule has 2 fully saturated rings. The lowest BCUT2D eigenvalue weighted by Crippen LogP contribution is -2.43. The lowest BCUT2D eigenvalue weighted by molar-refractivity contribution is 0.142. The molecule has 0 amide bonds. The first-order chi connectivity index (χ1) is 9.31. The molecule has 0 spiro atoms. The van der Waals surface area contributed by atoms with Crippen LogP contribution in [0.1, 0.15) is 12.8 Å². The fourth-order valence-electron chi connectivity index (χ4n) is 2.70. The monoisotopic (exact) mass is 286 g/mol. The molecular formula is C13H26N4OS. The number of methoxy groups -OCH3 is 1. The molecule has 0 aromatic rings. The molecule has 19 heavy (non-hydrogen) atoms. The molecule has 1 atom stereocenters. The van der Waals surface area contributed by atoms with Crippen LogP contribution in [0.2, 0.25) is 0 Å². The third-order valence-electron chi connectivity index (χ3n) is 3.88. The number of nitrogens with two attached hydrogens (primary N) is 1. The van der Waals surface area contributed by atoms with Crippen LogP contribution in [0.4, 0.5) is 0 Å². The summed E-state index contributed by atoms with van der Waals surface area (Å²) in [5.41, 5.74) is 6.10. The van der Waals surface area contributed by atoms with Crippen molar-refractivity contribution in [2.45, 2.75) is 18.9 Å². The molecule has 0 aromatic carbocycles. The third kappa shape index (κ3) is 4.54. The van der Waals surface area contributed by atoms with E-state index < -0.39 is 0 Å². The molecule has 2 N–H and O–H groups in total. The molecule has 110 valence electrons. The molecule has 5 nitrogen and oxygen atoms in total. The summed E-state index contributed by atoms with van der Waals surface area (Å²) in [6.07, 6.45) is 2.50. The maximum atomic E-state index is 6.10. The molecule has 0 radical (unpaired) electrons. The Hall–Kier alpha value is -0.460. The van der Waals surface area contributed by atoms with E-state index in [9.17, 15) is 0 Å². The van der Waals surface area contributed by atoms with E-state index in [-0.39, 0.29) is 0 Å². The van der Waals surface area contributed by atoms with Crippen molar-refractivity contribution in [1.29, 1.82) is 0 Å². The zero-order valence-corrected chi connectivity index (χ0v) is 12.7. The number of nitrogens with zero attached hydrogens (tertiary/aromatic N) is 3. The van der Waals surface area contributed by atoms with Gasteiger partial charge in [0.15, 0.2) is 5.96 Å². The number of ether oxygens (including phenoxy) is 1. The van der Waals surface area contributed by atoms with E-state index in [2.05, 4.69) is 14.8 Å². The third-order valence-corrected chi connectivity index (χ3v) is 4.82. The Morgan fingerprint density at radius 1 is 1.37 bits per heavy atom. The molecule has 2 aliphatic heterocycles. The van der Waals surface area contributed by atoms with Gasteiger partial charge in [-0.3, -0.25) is 9.89 Å². The van der Waals surface area contributed by atoms with Gasteiger partial charge in [-0.2, -0.15) is 11.8 Å². The van der Waals surface area contributed by atoms with Gasteiger partial charge < -0.3 is 15.4 Å². The molecule has 2 rings (SSSR count). The van der Waals surface area contributed by atoms with Crippen LogP contribution in [0, 0.1) is 0 Å². The van der Waals surface area contributed by atoms with Crippen LogP contribution < -0.4 is 5.73 Å². The fraction of sp³-hybridized carbons (Fsp3) is 0.923. The molecule has 0 aliphatic carbocycles. The highest BCUT2D eigenvalue weighted by molar-refractivity contribution is 7.99. The SMILES string of the molecule is COCCN1CCC[C@@H]1CN=C(N)N1CCSCC1. The minimum absolute atomic E-state index is 0.549. The van der Waals surface area contributed by atoms with Crippen LogP contribution in [-0.4, -0.2) is 79.7 Å². The van der Waals surface area contributed by atoms with Crippen molar-refractivity contribution in [2.24, 2.45) is 10.7 Å². The first-order valence-electron chi connectivity index (χ1n) is 7.17. The maximum absolute atomic E-state index is 6.10. The first kappa shape index (κ1) is 14.9.